The van der Waals surface area contributed by atoms with Crippen molar-refractivity contribution in [2.75, 3.05) is 16.4 Å². The van der Waals surface area contributed by atoms with E-state index in [1.807, 2.05) is 6.07 Å². The number of aryl methyl sites for hydroxylation is 3. The molecule has 4 N–H and O–H groups in total. The van der Waals surface area contributed by atoms with E-state index in [1.165, 1.54) is 35.9 Å². The van der Waals surface area contributed by atoms with Crippen LogP contribution in [-0.4, -0.2) is 9.97 Å². The van der Waals surface area contributed by atoms with E-state index in [4.69, 9.17) is 5.73 Å². The first kappa shape index (κ1) is 18.7. The number of hydrogen-bond donors (Lipinski definition) is 3. The summed E-state index contributed by atoms with van der Waals surface area (Å²) in [6, 6.07) is 14.6. The Balaban J connectivity index is 1.75. The molecular weight excluding hydrogens is 334 g/mol. The number of nitrogens with zero attached hydrogens (tertiary/aromatic N) is 2. The van der Waals surface area contributed by atoms with Crippen molar-refractivity contribution in [2.24, 2.45) is 0 Å². The van der Waals surface area contributed by atoms with Crippen LogP contribution in [0.1, 0.15) is 36.5 Å². The summed E-state index contributed by atoms with van der Waals surface area (Å²) in [4.78, 5) is 8.58. The molecule has 3 rings (SSSR count). The Morgan fingerprint density at radius 1 is 0.852 bits per heavy atom. The molecular formula is C22H27N5. The van der Waals surface area contributed by atoms with Crippen molar-refractivity contribution >= 4 is 28.7 Å². The van der Waals surface area contributed by atoms with Crippen LogP contribution >= 0.6 is 0 Å². The van der Waals surface area contributed by atoms with Gasteiger partial charge < -0.3 is 16.4 Å². The van der Waals surface area contributed by atoms with E-state index in [2.05, 4.69) is 77.8 Å². The Kier molecular flexibility index (Phi) is 5.91. The second kappa shape index (κ2) is 8.54. The molecule has 1 heterocycles. The van der Waals surface area contributed by atoms with Crippen LogP contribution in [-0.2, 0) is 6.42 Å². The van der Waals surface area contributed by atoms with Gasteiger partial charge in [-0.25, -0.2) is 9.97 Å². The van der Waals surface area contributed by atoms with Crippen molar-refractivity contribution < 1.29 is 0 Å². The van der Waals surface area contributed by atoms with Crippen molar-refractivity contribution in [3.8, 4) is 0 Å². The molecule has 0 aliphatic rings. The Labute approximate surface area is 161 Å². The quantitative estimate of drug-likeness (QED) is 0.517. The minimum atomic E-state index is 0.491. The van der Waals surface area contributed by atoms with Gasteiger partial charge in [-0.05, 0) is 67.6 Å². The lowest BCUT2D eigenvalue weighted by atomic mass is 10.1. The Hall–Kier alpha value is -3.08. The normalized spacial score (nSPS) is 10.6. The van der Waals surface area contributed by atoms with Gasteiger partial charge in [0.15, 0.2) is 11.6 Å². The van der Waals surface area contributed by atoms with Crippen LogP contribution in [0.3, 0.4) is 0 Å². The zero-order valence-corrected chi connectivity index (χ0v) is 16.2. The predicted molar refractivity (Wildman–Crippen MR) is 114 cm³/mol. The highest BCUT2D eigenvalue weighted by Crippen LogP contribution is 2.28. The summed E-state index contributed by atoms with van der Waals surface area (Å²) in [7, 11) is 0. The van der Waals surface area contributed by atoms with Gasteiger partial charge in [-0.1, -0.05) is 31.5 Å². The minimum absolute atomic E-state index is 0.491. The van der Waals surface area contributed by atoms with Gasteiger partial charge in [0.2, 0.25) is 0 Å². The number of nitrogen functional groups attached to an aromatic ring is 1. The third-order valence-electron chi connectivity index (χ3n) is 4.69. The molecule has 140 valence electrons. The largest absolute Gasteiger partial charge is 0.393 e. The number of hydrogen-bond acceptors (Lipinski definition) is 5. The van der Waals surface area contributed by atoms with E-state index in [-0.39, 0.29) is 0 Å². The Morgan fingerprint density at radius 3 is 2.11 bits per heavy atom. The Morgan fingerprint density at radius 2 is 1.48 bits per heavy atom. The molecule has 5 nitrogen and oxygen atoms in total. The second-order valence-corrected chi connectivity index (χ2v) is 6.83. The smallest absolute Gasteiger partial charge is 0.159 e. The molecule has 0 fully saturated rings. The molecule has 0 bridgehead atoms. The van der Waals surface area contributed by atoms with Gasteiger partial charge in [0.05, 0.1) is 0 Å². The van der Waals surface area contributed by atoms with Gasteiger partial charge >= 0.3 is 0 Å². The number of benzene rings is 2. The van der Waals surface area contributed by atoms with Crippen LogP contribution in [0.2, 0.25) is 0 Å². The van der Waals surface area contributed by atoms with E-state index in [1.54, 1.807) is 0 Å². The van der Waals surface area contributed by atoms with Crippen LogP contribution in [0.15, 0.2) is 48.8 Å². The molecule has 0 aliphatic carbocycles. The van der Waals surface area contributed by atoms with E-state index in [0.29, 0.717) is 17.3 Å². The molecule has 0 amide bonds. The van der Waals surface area contributed by atoms with E-state index < -0.39 is 0 Å². The van der Waals surface area contributed by atoms with Gasteiger partial charge in [0.25, 0.3) is 0 Å². The SMILES string of the molecule is CCCCc1ccc(Nc2ncnc(Nc3ccc(C)c(C)c3)c2N)cc1. The lowest BCUT2D eigenvalue weighted by Crippen LogP contribution is -2.05. The zero-order valence-electron chi connectivity index (χ0n) is 16.2. The number of nitrogens with one attached hydrogen (secondary N) is 2. The standard InChI is InChI=1S/C22H27N5/c1-4-5-6-17-8-11-18(12-9-17)26-21-20(23)22(25-14-24-21)27-19-10-7-15(2)16(3)13-19/h7-14H,4-6,23H2,1-3H3,(H2,24,25,26,27). The van der Waals surface area contributed by atoms with Gasteiger partial charge in [-0.15, -0.1) is 0 Å². The predicted octanol–water partition coefficient (Wildman–Crippen LogP) is 5.51. The van der Waals surface area contributed by atoms with Crippen LogP contribution in [0.4, 0.5) is 28.7 Å². The summed E-state index contributed by atoms with van der Waals surface area (Å²) in [5, 5.41) is 6.57. The first-order chi connectivity index (χ1) is 13.1. The lowest BCUT2D eigenvalue weighted by molar-refractivity contribution is 0.795. The monoisotopic (exact) mass is 361 g/mol. The van der Waals surface area contributed by atoms with Crippen LogP contribution in [0.25, 0.3) is 0 Å². The van der Waals surface area contributed by atoms with Gasteiger partial charge in [-0.2, -0.15) is 0 Å². The number of aromatic nitrogens is 2. The maximum atomic E-state index is 6.29. The number of anilines is 5. The van der Waals surface area contributed by atoms with E-state index in [9.17, 15) is 0 Å². The molecule has 0 radical (unpaired) electrons. The van der Waals surface area contributed by atoms with Crippen LogP contribution in [0, 0.1) is 13.8 Å². The fourth-order valence-electron chi connectivity index (χ4n) is 2.82. The molecule has 0 atom stereocenters. The average Bonchev–Trinajstić information content (AvgIpc) is 2.67. The van der Waals surface area contributed by atoms with Crippen LogP contribution in [0.5, 0.6) is 0 Å². The maximum absolute atomic E-state index is 6.29. The van der Waals surface area contributed by atoms with Crippen molar-refractivity contribution in [1.82, 2.24) is 9.97 Å². The number of nitrogens with two attached hydrogens (primary N) is 1. The zero-order chi connectivity index (χ0) is 19.2. The fourth-order valence-corrected chi connectivity index (χ4v) is 2.82. The molecule has 0 saturated carbocycles. The fraction of sp³-hybridized carbons (Fsp3) is 0.273. The summed E-state index contributed by atoms with van der Waals surface area (Å²) in [5.74, 6) is 1.19. The average molecular weight is 361 g/mol. The molecule has 27 heavy (non-hydrogen) atoms. The minimum Gasteiger partial charge on any atom is -0.393 e. The van der Waals surface area contributed by atoms with Gasteiger partial charge in [-0.3, -0.25) is 0 Å². The first-order valence-corrected chi connectivity index (χ1v) is 9.37. The topological polar surface area (TPSA) is 75.9 Å². The summed E-state index contributed by atoms with van der Waals surface area (Å²) >= 11 is 0. The van der Waals surface area contributed by atoms with Crippen molar-refractivity contribution in [2.45, 2.75) is 40.0 Å². The second-order valence-electron chi connectivity index (χ2n) is 6.83. The van der Waals surface area contributed by atoms with Gasteiger partial charge in [0.1, 0.15) is 12.0 Å². The Bertz CT molecular complexity index is 903. The molecule has 3 aromatic rings. The molecule has 0 unspecified atom stereocenters. The van der Waals surface area contributed by atoms with Crippen LogP contribution < -0.4 is 16.4 Å². The third kappa shape index (κ3) is 4.76. The molecule has 5 heteroatoms. The molecule has 0 aliphatic heterocycles. The summed E-state index contributed by atoms with van der Waals surface area (Å²) < 4.78 is 0. The summed E-state index contributed by atoms with van der Waals surface area (Å²) in [6.45, 7) is 6.38. The third-order valence-corrected chi connectivity index (χ3v) is 4.69. The number of rotatable bonds is 7. The van der Waals surface area contributed by atoms with Gasteiger partial charge in [0, 0.05) is 11.4 Å². The van der Waals surface area contributed by atoms with Crippen molar-refractivity contribution in [3.05, 3.63) is 65.5 Å². The van der Waals surface area contributed by atoms with E-state index >= 15 is 0 Å². The molecule has 2 aromatic carbocycles. The highest BCUT2D eigenvalue weighted by atomic mass is 15.1. The number of unbranched alkanes of at least 4 members (excludes halogenated alkanes) is 1. The summed E-state index contributed by atoms with van der Waals surface area (Å²) in [5.41, 5.74) is 12.5. The first-order valence-electron chi connectivity index (χ1n) is 9.37. The maximum Gasteiger partial charge on any atom is 0.159 e. The highest BCUT2D eigenvalue weighted by molar-refractivity contribution is 5.80. The van der Waals surface area contributed by atoms with Crippen molar-refractivity contribution in [3.63, 3.8) is 0 Å². The van der Waals surface area contributed by atoms with Crippen molar-refractivity contribution in [1.29, 1.82) is 0 Å². The van der Waals surface area contributed by atoms with E-state index in [0.717, 1.165) is 17.8 Å². The lowest BCUT2D eigenvalue weighted by Gasteiger charge is -2.13. The summed E-state index contributed by atoms with van der Waals surface area (Å²) in [6.07, 6.45) is 5.03. The molecule has 0 saturated heterocycles. The molecule has 1 aromatic heterocycles. The molecule has 0 spiro atoms. The highest BCUT2D eigenvalue weighted by Gasteiger charge is 2.09.